The molecule has 0 saturated heterocycles. The number of halogens is 6. The molecule has 4 nitrogen and oxygen atoms in total. The van der Waals surface area contributed by atoms with Gasteiger partial charge in [-0.05, 0) is 36.8 Å². The number of benzene rings is 2. The van der Waals surface area contributed by atoms with Crippen molar-refractivity contribution in [3.63, 3.8) is 0 Å². The van der Waals surface area contributed by atoms with E-state index in [9.17, 15) is 31.1 Å². The lowest BCUT2D eigenvalue weighted by atomic mass is 10.1. The smallest absolute Gasteiger partial charge is 0.407 e. The Labute approximate surface area is 174 Å². The van der Waals surface area contributed by atoms with Gasteiger partial charge in [-0.25, -0.2) is 4.85 Å². The van der Waals surface area contributed by atoms with Crippen LogP contribution in [0.3, 0.4) is 0 Å². The highest BCUT2D eigenvalue weighted by Gasteiger charge is 2.35. The average Bonchev–Trinajstić information content (AvgIpc) is 2.66. The molecule has 31 heavy (non-hydrogen) atoms. The zero-order valence-electron chi connectivity index (χ0n) is 16.3. The van der Waals surface area contributed by atoms with Crippen LogP contribution in [-0.4, -0.2) is 31.7 Å². The molecule has 0 amide bonds. The monoisotopic (exact) mass is 444 g/mol. The number of rotatable bonds is 8. The van der Waals surface area contributed by atoms with Gasteiger partial charge in [-0.15, -0.1) is 0 Å². The first-order chi connectivity index (χ1) is 14.4. The third kappa shape index (κ3) is 7.51. The maximum absolute atomic E-state index is 13.2. The van der Waals surface area contributed by atoms with E-state index < -0.39 is 30.1 Å². The van der Waals surface area contributed by atoms with Crippen molar-refractivity contribution in [2.24, 2.45) is 0 Å². The van der Waals surface area contributed by atoms with Crippen LogP contribution in [0.4, 0.5) is 37.7 Å². The summed E-state index contributed by atoms with van der Waals surface area (Å²) in [5.41, 5.74) is -1.56. The SMILES string of the molecule is [C-]#[N+]c1ccc(N(CCOc2ccc(CC(C)=O)cc2)CC(F)(F)F)cc1C(F)(F)F. The van der Waals surface area contributed by atoms with Gasteiger partial charge in [0.25, 0.3) is 0 Å². The van der Waals surface area contributed by atoms with Crippen LogP contribution < -0.4 is 9.64 Å². The Bertz CT molecular complexity index is 946. The van der Waals surface area contributed by atoms with Gasteiger partial charge in [0.2, 0.25) is 0 Å². The van der Waals surface area contributed by atoms with E-state index in [1.165, 1.54) is 6.92 Å². The van der Waals surface area contributed by atoms with Gasteiger partial charge in [0.1, 0.15) is 24.7 Å². The topological polar surface area (TPSA) is 33.9 Å². The van der Waals surface area contributed by atoms with Gasteiger partial charge in [-0.3, -0.25) is 4.79 Å². The lowest BCUT2D eigenvalue weighted by Crippen LogP contribution is -2.37. The van der Waals surface area contributed by atoms with Crippen LogP contribution in [0.2, 0.25) is 0 Å². The van der Waals surface area contributed by atoms with Crippen molar-refractivity contribution in [3.05, 3.63) is 65.0 Å². The number of ketones is 1. The minimum atomic E-state index is -4.88. The molecule has 0 atom stereocenters. The van der Waals surface area contributed by atoms with E-state index in [-0.39, 0.29) is 31.0 Å². The second-order valence-electron chi connectivity index (χ2n) is 6.72. The van der Waals surface area contributed by atoms with Crippen molar-refractivity contribution >= 4 is 17.2 Å². The van der Waals surface area contributed by atoms with Gasteiger partial charge in [-0.1, -0.05) is 18.2 Å². The largest absolute Gasteiger partial charge is 0.492 e. The summed E-state index contributed by atoms with van der Waals surface area (Å²) in [7, 11) is 0. The van der Waals surface area contributed by atoms with Gasteiger partial charge < -0.3 is 9.64 Å². The second kappa shape index (κ2) is 9.73. The number of carbonyl (C=O) groups excluding carboxylic acids is 1. The standard InChI is InChI=1S/C21H18F6N2O2/c1-14(30)11-15-3-6-17(7-4-15)31-10-9-29(13-20(22,23)24)16-5-8-19(28-2)18(12-16)21(25,26)27/h3-8,12H,9-11,13H2,1H3. The zero-order valence-corrected chi connectivity index (χ0v) is 16.3. The number of anilines is 1. The van der Waals surface area contributed by atoms with Gasteiger partial charge in [-0.2, -0.15) is 26.3 Å². The van der Waals surface area contributed by atoms with Gasteiger partial charge in [0.15, 0.2) is 5.69 Å². The molecule has 0 spiro atoms. The third-order valence-electron chi connectivity index (χ3n) is 4.15. The highest BCUT2D eigenvalue weighted by atomic mass is 19.4. The van der Waals surface area contributed by atoms with E-state index in [1.807, 2.05) is 0 Å². The summed E-state index contributed by atoms with van der Waals surface area (Å²) in [5, 5.41) is 0. The summed E-state index contributed by atoms with van der Waals surface area (Å²) in [6.07, 6.45) is -9.30. The lowest BCUT2D eigenvalue weighted by molar-refractivity contribution is -0.136. The highest BCUT2D eigenvalue weighted by Crippen LogP contribution is 2.39. The molecule has 0 aliphatic heterocycles. The van der Waals surface area contributed by atoms with Crippen molar-refractivity contribution in [3.8, 4) is 5.75 Å². The molecule has 10 heteroatoms. The maximum atomic E-state index is 13.2. The summed E-state index contributed by atoms with van der Waals surface area (Å²) in [4.78, 5) is 14.6. The van der Waals surface area contributed by atoms with E-state index in [4.69, 9.17) is 11.3 Å². The molecular formula is C21H18F6N2O2. The predicted octanol–water partition coefficient (Wildman–Crippen LogP) is 5.84. The molecule has 0 aliphatic rings. The van der Waals surface area contributed by atoms with Crippen LogP contribution in [0.1, 0.15) is 18.1 Å². The molecule has 0 unspecified atom stereocenters. The molecule has 0 bridgehead atoms. The van der Waals surface area contributed by atoms with Crippen molar-refractivity contribution < 1.29 is 35.9 Å². The molecule has 2 aromatic carbocycles. The number of ether oxygens (including phenoxy) is 1. The quantitative estimate of drug-likeness (QED) is 0.379. The Kier molecular flexibility index (Phi) is 7.55. The Morgan fingerprint density at radius 3 is 2.23 bits per heavy atom. The van der Waals surface area contributed by atoms with Gasteiger partial charge in [0.05, 0.1) is 18.7 Å². The first-order valence-corrected chi connectivity index (χ1v) is 9.00. The summed E-state index contributed by atoms with van der Waals surface area (Å²) in [6, 6.07) is 8.83. The van der Waals surface area contributed by atoms with Crippen molar-refractivity contribution in [1.82, 2.24) is 0 Å². The van der Waals surface area contributed by atoms with Crippen LogP contribution in [-0.2, 0) is 17.4 Å². The Morgan fingerprint density at radius 1 is 1.06 bits per heavy atom. The van der Waals surface area contributed by atoms with E-state index >= 15 is 0 Å². The lowest BCUT2D eigenvalue weighted by Gasteiger charge is -2.27. The molecule has 0 aromatic heterocycles. The second-order valence-corrected chi connectivity index (χ2v) is 6.72. The minimum absolute atomic E-state index is 0.0288. The molecule has 0 aliphatic carbocycles. The maximum Gasteiger partial charge on any atom is 0.407 e. The average molecular weight is 444 g/mol. The Balaban J connectivity index is 2.16. The number of hydrogen-bond acceptors (Lipinski definition) is 3. The van der Waals surface area contributed by atoms with Gasteiger partial charge in [0, 0.05) is 12.1 Å². The number of carbonyl (C=O) groups is 1. The first-order valence-electron chi connectivity index (χ1n) is 9.00. The van der Waals surface area contributed by atoms with Crippen LogP contribution in [0.25, 0.3) is 4.85 Å². The summed E-state index contributed by atoms with van der Waals surface area (Å²) >= 11 is 0. The molecule has 0 radical (unpaired) electrons. The van der Waals surface area contributed by atoms with Crippen molar-refractivity contribution in [2.75, 3.05) is 24.6 Å². The van der Waals surface area contributed by atoms with Crippen LogP contribution in [0, 0.1) is 6.57 Å². The first kappa shape index (κ1) is 24.1. The van der Waals surface area contributed by atoms with Crippen molar-refractivity contribution in [1.29, 1.82) is 0 Å². The summed E-state index contributed by atoms with van der Waals surface area (Å²) in [6.45, 7) is 6.22. The van der Waals surface area contributed by atoms with Crippen molar-refractivity contribution in [2.45, 2.75) is 25.7 Å². The number of hydrogen-bond donors (Lipinski definition) is 0. The molecule has 2 rings (SSSR count). The fraction of sp³-hybridized carbons (Fsp3) is 0.333. The fourth-order valence-electron chi connectivity index (χ4n) is 2.83. The van der Waals surface area contributed by atoms with E-state index in [2.05, 4.69) is 4.85 Å². The Hall–Kier alpha value is -3.22. The van der Waals surface area contributed by atoms with Crippen LogP contribution in [0.5, 0.6) is 5.75 Å². The van der Waals surface area contributed by atoms with Crippen LogP contribution in [0.15, 0.2) is 42.5 Å². The highest BCUT2D eigenvalue weighted by molar-refractivity contribution is 5.78. The molecule has 0 saturated carbocycles. The van der Waals surface area contributed by atoms with Crippen LogP contribution >= 0.6 is 0 Å². The fourth-order valence-corrected chi connectivity index (χ4v) is 2.83. The summed E-state index contributed by atoms with van der Waals surface area (Å²) in [5.74, 6) is 0.317. The molecule has 0 heterocycles. The zero-order chi connectivity index (χ0) is 23.2. The normalized spacial score (nSPS) is 11.7. The molecule has 166 valence electrons. The predicted molar refractivity (Wildman–Crippen MR) is 102 cm³/mol. The number of Topliss-reactive ketones (excluding diaryl/α,β-unsaturated/α-hetero) is 1. The van der Waals surface area contributed by atoms with E-state index in [0.717, 1.165) is 17.7 Å². The van der Waals surface area contributed by atoms with E-state index in [0.29, 0.717) is 16.7 Å². The third-order valence-corrected chi connectivity index (χ3v) is 4.15. The molecular weight excluding hydrogens is 426 g/mol. The molecule has 0 fully saturated rings. The number of nitrogens with zero attached hydrogens (tertiary/aromatic N) is 2. The summed E-state index contributed by atoms with van der Waals surface area (Å²) < 4.78 is 83.9. The minimum Gasteiger partial charge on any atom is -0.492 e. The number of alkyl halides is 6. The molecule has 0 N–H and O–H groups in total. The Morgan fingerprint density at radius 2 is 1.71 bits per heavy atom. The van der Waals surface area contributed by atoms with E-state index in [1.54, 1.807) is 24.3 Å². The van der Waals surface area contributed by atoms with Gasteiger partial charge >= 0.3 is 12.4 Å². The molecule has 2 aromatic rings.